The molecule has 1 aromatic carbocycles. The molecule has 1 heterocycles. The minimum atomic E-state index is 0.0680. The minimum Gasteiger partial charge on any atom is -0.341 e. The van der Waals surface area contributed by atoms with E-state index in [-0.39, 0.29) is 11.8 Å². The van der Waals surface area contributed by atoms with Crippen LogP contribution in [0.1, 0.15) is 43.0 Å². The maximum atomic E-state index is 12.4. The zero-order valence-corrected chi connectivity index (χ0v) is 12.8. The number of hydrogen-bond acceptors (Lipinski definition) is 2. The Morgan fingerprint density at radius 3 is 2.38 bits per heavy atom. The van der Waals surface area contributed by atoms with Crippen molar-refractivity contribution in [3.05, 3.63) is 35.9 Å². The second kappa shape index (κ2) is 7.81. The smallest absolute Gasteiger partial charge is 0.253 e. The summed E-state index contributed by atoms with van der Waals surface area (Å²) in [5.74, 6) is 0.296. The molecule has 0 aromatic heterocycles. The molecule has 0 spiro atoms. The van der Waals surface area contributed by atoms with Gasteiger partial charge in [0.25, 0.3) is 5.91 Å². The molecule has 1 aliphatic heterocycles. The van der Waals surface area contributed by atoms with Crippen LogP contribution in [0.3, 0.4) is 0 Å². The Balaban J connectivity index is 1.91. The molecule has 0 atom stereocenters. The van der Waals surface area contributed by atoms with E-state index in [1.54, 1.807) is 0 Å². The molecule has 0 bridgehead atoms. The van der Waals surface area contributed by atoms with Gasteiger partial charge < -0.3 is 9.80 Å². The Morgan fingerprint density at radius 2 is 1.67 bits per heavy atom. The van der Waals surface area contributed by atoms with Crippen molar-refractivity contribution in [3.8, 4) is 0 Å². The number of unbranched alkanes of at least 4 members (excludes halogenated alkanes) is 1. The molecular formula is C17H24N2O2. The van der Waals surface area contributed by atoms with Gasteiger partial charge >= 0.3 is 0 Å². The summed E-state index contributed by atoms with van der Waals surface area (Å²) < 4.78 is 0. The van der Waals surface area contributed by atoms with Crippen LogP contribution < -0.4 is 0 Å². The third-order valence-electron chi connectivity index (χ3n) is 3.90. The van der Waals surface area contributed by atoms with E-state index in [0.29, 0.717) is 19.5 Å². The molecule has 1 saturated heterocycles. The summed E-state index contributed by atoms with van der Waals surface area (Å²) in [5.41, 5.74) is 0.725. The largest absolute Gasteiger partial charge is 0.341 e. The second-order valence-electron chi connectivity index (χ2n) is 5.50. The predicted molar refractivity (Wildman–Crippen MR) is 83.1 cm³/mol. The Labute approximate surface area is 126 Å². The fourth-order valence-electron chi connectivity index (χ4n) is 2.62. The van der Waals surface area contributed by atoms with Crippen LogP contribution in [0.5, 0.6) is 0 Å². The molecule has 4 heteroatoms. The van der Waals surface area contributed by atoms with E-state index in [2.05, 4.69) is 6.92 Å². The quantitative estimate of drug-likeness (QED) is 0.854. The number of carbonyl (C=O) groups is 2. The summed E-state index contributed by atoms with van der Waals surface area (Å²) in [7, 11) is 0. The first-order chi connectivity index (χ1) is 10.2. The normalized spacial score (nSPS) is 15.7. The van der Waals surface area contributed by atoms with E-state index in [4.69, 9.17) is 0 Å². The third kappa shape index (κ3) is 4.31. The van der Waals surface area contributed by atoms with Crippen molar-refractivity contribution in [1.29, 1.82) is 0 Å². The molecule has 0 saturated carbocycles. The number of rotatable bonds is 4. The van der Waals surface area contributed by atoms with Crippen LogP contribution in [0.25, 0.3) is 0 Å². The van der Waals surface area contributed by atoms with Crippen molar-refractivity contribution in [2.24, 2.45) is 0 Å². The van der Waals surface area contributed by atoms with Gasteiger partial charge in [0, 0.05) is 38.2 Å². The van der Waals surface area contributed by atoms with Crippen LogP contribution in [-0.2, 0) is 4.79 Å². The Kier molecular flexibility index (Phi) is 5.78. The fraction of sp³-hybridized carbons (Fsp3) is 0.529. The Bertz CT molecular complexity index is 473. The van der Waals surface area contributed by atoms with Gasteiger partial charge in [-0.15, -0.1) is 0 Å². The molecule has 0 unspecified atom stereocenters. The molecule has 114 valence electrons. The first-order valence-corrected chi connectivity index (χ1v) is 7.84. The van der Waals surface area contributed by atoms with Crippen LogP contribution in [0.4, 0.5) is 0 Å². The van der Waals surface area contributed by atoms with Crippen LogP contribution in [0.15, 0.2) is 30.3 Å². The average Bonchev–Trinajstić information content (AvgIpc) is 2.79. The lowest BCUT2D eigenvalue weighted by molar-refractivity contribution is -0.131. The van der Waals surface area contributed by atoms with Gasteiger partial charge in [0.15, 0.2) is 0 Å². The van der Waals surface area contributed by atoms with Crippen LogP contribution in [-0.4, -0.2) is 47.8 Å². The van der Waals surface area contributed by atoms with E-state index < -0.39 is 0 Å². The highest BCUT2D eigenvalue weighted by Gasteiger charge is 2.22. The van der Waals surface area contributed by atoms with Crippen molar-refractivity contribution < 1.29 is 9.59 Å². The van der Waals surface area contributed by atoms with Gasteiger partial charge in [-0.25, -0.2) is 0 Å². The maximum absolute atomic E-state index is 12.4. The molecule has 1 aromatic rings. The van der Waals surface area contributed by atoms with Crippen LogP contribution >= 0.6 is 0 Å². The summed E-state index contributed by atoms with van der Waals surface area (Å²) in [5, 5.41) is 0. The molecule has 0 aliphatic carbocycles. The molecule has 2 amide bonds. The van der Waals surface area contributed by atoms with E-state index in [0.717, 1.165) is 37.9 Å². The van der Waals surface area contributed by atoms with Gasteiger partial charge in [-0.2, -0.15) is 0 Å². The molecule has 1 fully saturated rings. The van der Waals surface area contributed by atoms with Gasteiger partial charge in [-0.05, 0) is 25.0 Å². The molecule has 0 radical (unpaired) electrons. The maximum Gasteiger partial charge on any atom is 0.253 e. The molecule has 21 heavy (non-hydrogen) atoms. The van der Waals surface area contributed by atoms with Gasteiger partial charge in [-0.1, -0.05) is 31.5 Å². The van der Waals surface area contributed by atoms with E-state index in [1.807, 2.05) is 40.1 Å². The molecule has 1 aliphatic rings. The molecule has 0 N–H and O–H groups in total. The van der Waals surface area contributed by atoms with Crippen LogP contribution in [0, 0.1) is 0 Å². The SMILES string of the molecule is CCCCC(=O)N1CCCN(C(=O)c2ccccc2)CC1. The highest BCUT2D eigenvalue weighted by atomic mass is 16.2. The van der Waals surface area contributed by atoms with Crippen molar-refractivity contribution in [2.75, 3.05) is 26.2 Å². The summed E-state index contributed by atoms with van der Waals surface area (Å²) >= 11 is 0. The summed E-state index contributed by atoms with van der Waals surface area (Å²) in [6.45, 7) is 4.87. The van der Waals surface area contributed by atoms with Crippen molar-refractivity contribution in [2.45, 2.75) is 32.6 Å². The van der Waals surface area contributed by atoms with Crippen molar-refractivity contribution >= 4 is 11.8 Å². The number of amides is 2. The lowest BCUT2D eigenvalue weighted by Crippen LogP contribution is -2.37. The zero-order valence-electron chi connectivity index (χ0n) is 12.8. The Morgan fingerprint density at radius 1 is 1.00 bits per heavy atom. The number of benzene rings is 1. The first-order valence-electron chi connectivity index (χ1n) is 7.84. The number of carbonyl (C=O) groups excluding carboxylic acids is 2. The highest BCUT2D eigenvalue weighted by Crippen LogP contribution is 2.10. The van der Waals surface area contributed by atoms with E-state index >= 15 is 0 Å². The molecule has 4 nitrogen and oxygen atoms in total. The lowest BCUT2D eigenvalue weighted by Gasteiger charge is -2.22. The highest BCUT2D eigenvalue weighted by molar-refractivity contribution is 5.94. The average molecular weight is 288 g/mol. The van der Waals surface area contributed by atoms with Crippen LogP contribution in [0.2, 0.25) is 0 Å². The summed E-state index contributed by atoms with van der Waals surface area (Å²) in [6, 6.07) is 9.36. The number of nitrogens with zero attached hydrogens (tertiary/aromatic N) is 2. The monoisotopic (exact) mass is 288 g/mol. The molecule has 2 rings (SSSR count). The summed E-state index contributed by atoms with van der Waals surface area (Å²) in [6.07, 6.45) is 3.47. The predicted octanol–water partition coefficient (Wildman–Crippen LogP) is 2.55. The van der Waals surface area contributed by atoms with Gasteiger partial charge in [-0.3, -0.25) is 9.59 Å². The fourth-order valence-corrected chi connectivity index (χ4v) is 2.62. The zero-order chi connectivity index (χ0) is 15.1. The number of hydrogen-bond donors (Lipinski definition) is 0. The van der Waals surface area contributed by atoms with E-state index in [1.165, 1.54) is 0 Å². The first kappa shape index (κ1) is 15.5. The Hall–Kier alpha value is -1.84. The van der Waals surface area contributed by atoms with Crippen molar-refractivity contribution in [1.82, 2.24) is 9.80 Å². The van der Waals surface area contributed by atoms with E-state index in [9.17, 15) is 9.59 Å². The second-order valence-corrected chi connectivity index (χ2v) is 5.50. The lowest BCUT2D eigenvalue weighted by atomic mass is 10.2. The van der Waals surface area contributed by atoms with Gasteiger partial charge in [0.1, 0.15) is 0 Å². The van der Waals surface area contributed by atoms with Crippen molar-refractivity contribution in [3.63, 3.8) is 0 Å². The standard InChI is InChI=1S/C17H24N2O2/c1-2-3-10-16(20)18-11-7-12-19(14-13-18)17(21)15-8-5-4-6-9-15/h4-6,8-9H,2-3,7,10-14H2,1H3. The third-order valence-corrected chi connectivity index (χ3v) is 3.90. The summed E-state index contributed by atoms with van der Waals surface area (Å²) in [4.78, 5) is 28.3. The van der Waals surface area contributed by atoms with Gasteiger partial charge in [0.2, 0.25) is 5.91 Å². The van der Waals surface area contributed by atoms with Gasteiger partial charge in [0.05, 0.1) is 0 Å². The topological polar surface area (TPSA) is 40.6 Å². The molecular weight excluding hydrogens is 264 g/mol. The minimum absolute atomic E-state index is 0.0680.